The molecule has 0 bridgehead atoms. The Hall–Kier alpha value is -1.70. The average Bonchev–Trinajstić information content (AvgIpc) is 2.14. The van der Waals surface area contributed by atoms with Gasteiger partial charge in [0.05, 0.1) is 6.42 Å². The predicted molar refractivity (Wildman–Crippen MR) is 52.5 cm³/mol. The summed E-state index contributed by atoms with van der Waals surface area (Å²) in [7, 11) is 0. The van der Waals surface area contributed by atoms with Crippen LogP contribution >= 0.6 is 0 Å². The molecule has 2 aliphatic rings. The van der Waals surface area contributed by atoms with Crippen LogP contribution in [0.25, 0.3) is 11.1 Å². The first-order valence-electron chi connectivity index (χ1n) is 4.65. The second-order valence-electron chi connectivity index (χ2n) is 3.71. The molecule has 0 aliphatic heterocycles. The highest BCUT2D eigenvalue weighted by Gasteiger charge is 2.35. The normalized spacial score (nSPS) is 18.9. The lowest BCUT2D eigenvalue weighted by molar-refractivity contribution is -0.124. The lowest BCUT2D eigenvalue weighted by atomic mass is 9.72. The van der Waals surface area contributed by atoms with Crippen LogP contribution in [0.4, 0.5) is 0 Å². The Morgan fingerprint density at radius 3 is 2.43 bits per heavy atom. The molecule has 0 spiro atoms. The Labute approximate surface area is 81.2 Å². The van der Waals surface area contributed by atoms with E-state index in [1.807, 2.05) is 24.3 Å². The van der Waals surface area contributed by atoms with Crippen molar-refractivity contribution in [2.45, 2.75) is 12.8 Å². The topological polar surface area (TPSA) is 34.1 Å². The van der Waals surface area contributed by atoms with E-state index in [2.05, 4.69) is 0 Å². The highest BCUT2D eigenvalue weighted by atomic mass is 16.1. The quantitative estimate of drug-likeness (QED) is 0.576. The number of benzene rings is 1. The van der Waals surface area contributed by atoms with Gasteiger partial charge in [0, 0.05) is 12.0 Å². The van der Waals surface area contributed by atoms with E-state index in [1.54, 1.807) is 0 Å². The van der Waals surface area contributed by atoms with Crippen LogP contribution in [0.15, 0.2) is 24.3 Å². The Bertz CT molecular complexity index is 495. The van der Waals surface area contributed by atoms with Crippen molar-refractivity contribution in [2.75, 3.05) is 0 Å². The molecule has 2 aliphatic carbocycles. The second-order valence-corrected chi connectivity index (χ2v) is 3.71. The van der Waals surface area contributed by atoms with Crippen molar-refractivity contribution in [3.63, 3.8) is 0 Å². The zero-order valence-corrected chi connectivity index (χ0v) is 7.54. The summed E-state index contributed by atoms with van der Waals surface area (Å²) in [5.41, 5.74) is 3.88. The third kappa shape index (κ3) is 0.803. The van der Waals surface area contributed by atoms with Gasteiger partial charge in [0.2, 0.25) is 0 Å². The number of hydrogen-bond acceptors (Lipinski definition) is 2. The van der Waals surface area contributed by atoms with Gasteiger partial charge < -0.3 is 0 Å². The number of allylic oxidation sites excluding steroid dienone is 2. The van der Waals surface area contributed by atoms with Gasteiger partial charge in [-0.25, -0.2) is 0 Å². The maximum atomic E-state index is 11.6. The minimum absolute atomic E-state index is 0.00468. The van der Waals surface area contributed by atoms with Crippen LogP contribution in [-0.2, 0) is 9.59 Å². The number of hydrogen-bond donors (Lipinski definition) is 0. The smallest absolute Gasteiger partial charge is 0.171 e. The number of carbonyl (C=O) groups excluding carboxylic acids is 2. The second kappa shape index (κ2) is 2.41. The van der Waals surface area contributed by atoms with E-state index in [-0.39, 0.29) is 18.0 Å². The molecular formula is C12H8O2. The molecule has 3 rings (SSSR count). The zero-order chi connectivity index (χ0) is 9.71. The van der Waals surface area contributed by atoms with Gasteiger partial charge in [0.15, 0.2) is 5.78 Å². The fraction of sp³-hybridized carbons (Fsp3) is 0.167. The Morgan fingerprint density at radius 1 is 0.929 bits per heavy atom. The summed E-state index contributed by atoms with van der Waals surface area (Å²) < 4.78 is 0. The van der Waals surface area contributed by atoms with E-state index >= 15 is 0 Å². The molecule has 0 fully saturated rings. The maximum absolute atomic E-state index is 11.6. The largest absolute Gasteiger partial charge is 0.299 e. The molecule has 68 valence electrons. The molecule has 1 aromatic carbocycles. The van der Waals surface area contributed by atoms with Crippen LogP contribution in [-0.4, -0.2) is 11.6 Å². The highest BCUT2D eigenvalue weighted by Crippen LogP contribution is 2.45. The van der Waals surface area contributed by atoms with E-state index < -0.39 is 0 Å². The van der Waals surface area contributed by atoms with Gasteiger partial charge in [-0.1, -0.05) is 24.3 Å². The van der Waals surface area contributed by atoms with Gasteiger partial charge >= 0.3 is 0 Å². The van der Waals surface area contributed by atoms with Gasteiger partial charge in [-0.3, -0.25) is 9.59 Å². The minimum atomic E-state index is -0.00468. The van der Waals surface area contributed by atoms with Crippen LogP contribution in [0.3, 0.4) is 0 Å². The van der Waals surface area contributed by atoms with Gasteiger partial charge in [-0.15, -0.1) is 0 Å². The van der Waals surface area contributed by atoms with Gasteiger partial charge in [0.25, 0.3) is 0 Å². The van der Waals surface area contributed by atoms with Gasteiger partial charge in [0.1, 0.15) is 5.78 Å². The molecule has 0 unspecified atom stereocenters. The fourth-order valence-electron chi connectivity index (χ4n) is 2.23. The summed E-state index contributed by atoms with van der Waals surface area (Å²) in [6.07, 6.45) is 0.533. The molecule has 0 heterocycles. The summed E-state index contributed by atoms with van der Waals surface area (Å²) in [6.45, 7) is 0. The van der Waals surface area contributed by atoms with E-state index in [1.165, 1.54) is 0 Å². The van der Waals surface area contributed by atoms with Crippen molar-refractivity contribution >= 4 is 22.7 Å². The summed E-state index contributed by atoms with van der Waals surface area (Å²) in [5, 5.41) is 0. The molecule has 0 aromatic heterocycles. The third-order valence-electron chi connectivity index (χ3n) is 2.83. The number of rotatable bonds is 0. The van der Waals surface area contributed by atoms with E-state index in [0.29, 0.717) is 6.42 Å². The number of fused-ring (bicyclic) bond motifs is 3. The SMILES string of the molecule is O=C1CC(=O)C2=C(C1)c1ccccc12. The molecule has 0 radical (unpaired) electrons. The summed E-state index contributed by atoms with van der Waals surface area (Å²) in [4.78, 5) is 22.8. The number of ketones is 2. The van der Waals surface area contributed by atoms with Crippen LogP contribution in [0, 0.1) is 0 Å². The van der Waals surface area contributed by atoms with Crippen molar-refractivity contribution in [3.8, 4) is 0 Å². The minimum Gasteiger partial charge on any atom is -0.299 e. The van der Waals surface area contributed by atoms with Crippen molar-refractivity contribution in [3.05, 3.63) is 35.4 Å². The molecule has 0 saturated heterocycles. The summed E-state index contributed by atoms with van der Waals surface area (Å²) in [5.74, 6) is 0.0400. The molecule has 2 nitrogen and oxygen atoms in total. The van der Waals surface area contributed by atoms with Gasteiger partial charge in [-0.2, -0.15) is 0 Å². The van der Waals surface area contributed by atoms with Crippen LogP contribution < -0.4 is 0 Å². The fourth-order valence-corrected chi connectivity index (χ4v) is 2.23. The molecule has 0 saturated carbocycles. The highest BCUT2D eigenvalue weighted by molar-refractivity contribution is 6.40. The molecule has 0 amide bonds. The first-order valence-corrected chi connectivity index (χ1v) is 4.65. The standard InChI is InChI=1S/C12H8O2/c13-7-5-10-8-3-1-2-4-9(8)12(10)11(14)6-7/h1-4H,5-6H2. The first-order chi connectivity index (χ1) is 6.77. The van der Waals surface area contributed by atoms with E-state index in [4.69, 9.17) is 0 Å². The molecule has 0 N–H and O–H groups in total. The van der Waals surface area contributed by atoms with Crippen molar-refractivity contribution < 1.29 is 9.59 Å². The Morgan fingerprint density at radius 2 is 1.64 bits per heavy atom. The van der Waals surface area contributed by atoms with Gasteiger partial charge in [-0.05, 0) is 16.7 Å². The predicted octanol–water partition coefficient (Wildman–Crippen LogP) is 1.84. The van der Waals surface area contributed by atoms with Crippen molar-refractivity contribution in [2.24, 2.45) is 0 Å². The average molecular weight is 184 g/mol. The monoisotopic (exact) mass is 184 g/mol. The Kier molecular flexibility index (Phi) is 1.32. The first kappa shape index (κ1) is 7.68. The molecule has 1 aromatic rings. The lowest BCUT2D eigenvalue weighted by Crippen LogP contribution is -2.24. The van der Waals surface area contributed by atoms with E-state index in [0.717, 1.165) is 22.3 Å². The lowest BCUT2D eigenvalue weighted by Gasteiger charge is -2.29. The molecular weight excluding hydrogens is 176 g/mol. The molecule has 2 heteroatoms. The van der Waals surface area contributed by atoms with E-state index in [9.17, 15) is 9.59 Å². The molecule has 0 atom stereocenters. The van der Waals surface area contributed by atoms with Crippen LogP contribution in [0.2, 0.25) is 0 Å². The summed E-state index contributed by atoms with van der Waals surface area (Å²) >= 11 is 0. The Balaban J connectivity index is 2.18. The molecule has 14 heavy (non-hydrogen) atoms. The third-order valence-corrected chi connectivity index (χ3v) is 2.83. The van der Waals surface area contributed by atoms with Crippen LogP contribution in [0.5, 0.6) is 0 Å². The summed E-state index contributed by atoms with van der Waals surface area (Å²) in [6, 6.07) is 7.78. The van der Waals surface area contributed by atoms with Crippen molar-refractivity contribution in [1.29, 1.82) is 0 Å². The number of carbonyl (C=O) groups is 2. The van der Waals surface area contributed by atoms with Crippen molar-refractivity contribution in [1.82, 2.24) is 0 Å². The number of Topliss-reactive ketones (excluding diaryl/α,β-unsaturated/α-hetero) is 2. The maximum Gasteiger partial charge on any atom is 0.171 e. The van der Waals surface area contributed by atoms with Crippen LogP contribution in [0.1, 0.15) is 24.0 Å². The zero-order valence-electron chi connectivity index (χ0n) is 7.54.